The van der Waals surface area contributed by atoms with Crippen molar-refractivity contribution >= 4 is 17.5 Å². The Morgan fingerprint density at radius 2 is 1.76 bits per heavy atom. The Labute approximate surface area is 193 Å². The van der Waals surface area contributed by atoms with Crippen LogP contribution in [0.25, 0.3) is 11.1 Å². The molecule has 34 heavy (non-hydrogen) atoms. The van der Waals surface area contributed by atoms with Crippen molar-refractivity contribution in [1.82, 2.24) is 0 Å². The number of aliphatic hydroxyl groups is 2. The predicted molar refractivity (Wildman–Crippen MR) is 117 cm³/mol. The van der Waals surface area contributed by atoms with Crippen LogP contribution in [0.2, 0.25) is 0 Å². The lowest BCUT2D eigenvalue weighted by atomic mass is 9.64. The predicted octanol–water partition coefficient (Wildman–Crippen LogP) is 2.97. The van der Waals surface area contributed by atoms with Gasteiger partial charge in [0.1, 0.15) is 23.1 Å². The zero-order chi connectivity index (χ0) is 24.7. The molecule has 0 bridgehead atoms. The molecule has 178 valence electrons. The third kappa shape index (κ3) is 4.07. The number of primary amides is 1. The number of phenols is 1. The molecule has 0 saturated carbocycles. The Bertz CT molecular complexity index is 1220. The zero-order valence-corrected chi connectivity index (χ0v) is 18.1. The van der Waals surface area contributed by atoms with Gasteiger partial charge in [0.25, 0.3) is 0 Å². The maximum Gasteiger partial charge on any atom is 0.224 e. The summed E-state index contributed by atoms with van der Waals surface area (Å²) in [5.74, 6) is -6.96. The van der Waals surface area contributed by atoms with E-state index in [9.17, 15) is 38.5 Å². The number of aliphatic hydroxyl groups excluding tert-OH is 2. The van der Waals surface area contributed by atoms with Crippen molar-refractivity contribution in [1.29, 1.82) is 0 Å². The molecular weight excluding hydrogens is 448 g/mol. The smallest absolute Gasteiger partial charge is 0.224 e. The average Bonchev–Trinajstić information content (AvgIpc) is 2.72. The number of phenolic OH excluding ortho intramolecular Hbond substituents is 1. The highest BCUT2D eigenvalue weighted by Gasteiger charge is 2.46. The highest BCUT2D eigenvalue weighted by molar-refractivity contribution is 6.15. The van der Waals surface area contributed by atoms with Crippen molar-refractivity contribution in [2.75, 3.05) is 6.61 Å². The van der Waals surface area contributed by atoms with Gasteiger partial charge in [0, 0.05) is 18.2 Å². The van der Waals surface area contributed by atoms with Crippen LogP contribution < -0.4 is 5.73 Å². The van der Waals surface area contributed by atoms with Crippen molar-refractivity contribution in [3.63, 3.8) is 0 Å². The number of nitrogens with two attached hydrogens (primary N) is 1. The molecule has 1 amide bonds. The van der Waals surface area contributed by atoms with Crippen LogP contribution in [0.5, 0.6) is 5.75 Å². The van der Waals surface area contributed by atoms with E-state index in [1.165, 1.54) is 12.1 Å². The number of carbonyl (C=O) groups is 3. The van der Waals surface area contributed by atoms with Crippen LogP contribution in [0.3, 0.4) is 0 Å². The lowest BCUT2D eigenvalue weighted by Gasteiger charge is -2.39. The monoisotopic (exact) mass is 471 g/mol. The Kier molecular flexibility index (Phi) is 6.22. The number of benzene rings is 2. The number of aromatic hydroxyl groups is 1. The summed E-state index contributed by atoms with van der Waals surface area (Å²) in [6.45, 7) is -0.278. The Morgan fingerprint density at radius 1 is 1.09 bits per heavy atom. The summed E-state index contributed by atoms with van der Waals surface area (Å²) < 4.78 is 27.8. The van der Waals surface area contributed by atoms with Crippen LogP contribution in [-0.4, -0.2) is 39.4 Å². The highest BCUT2D eigenvalue weighted by Crippen LogP contribution is 2.48. The number of hydrogen-bond acceptors (Lipinski definition) is 6. The third-order valence-electron chi connectivity index (χ3n) is 6.62. The Morgan fingerprint density at radius 3 is 2.38 bits per heavy atom. The summed E-state index contributed by atoms with van der Waals surface area (Å²) in [7, 11) is 0. The van der Waals surface area contributed by atoms with Crippen LogP contribution >= 0.6 is 0 Å². The molecule has 7 nitrogen and oxygen atoms in total. The van der Waals surface area contributed by atoms with Gasteiger partial charge in [-0.15, -0.1) is 0 Å². The third-order valence-corrected chi connectivity index (χ3v) is 6.62. The molecule has 0 aromatic heterocycles. The van der Waals surface area contributed by atoms with E-state index in [4.69, 9.17) is 5.73 Å². The van der Waals surface area contributed by atoms with Gasteiger partial charge in [0.2, 0.25) is 5.91 Å². The van der Waals surface area contributed by atoms with Crippen molar-refractivity contribution in [3.05, 3.63) is 64.4 Å². The standard InChI is InChI=1S/C25H23F2NO6/c26-14-6-12(7-15(27)9-14)16-1-2-18(30)23-17(16)8-13-5-11(3-4-29)21(19(31)10-20(28)32)24(33)22(13)25(23)34/h1-2,6-7,9,11,13,21,29-30,33H,3-5,8,10H2,(H2,28,32)/t11-,13-,21+/m1/s1. The first-order valence-corrected chi connectivity index (χ1v) is 10.8. The normalized spacial score (nSPS) is 21.7. The molecule has 9 heteroatoms. The van der Waals surface area contributed by atoms with E-state index in [0.29, 0.717) is 11.1 Å². The van der Waals surface area contributed by atoms with Gasteiger partial charge >= 0.3 is 0 Å². The summed E-state index contributed by atoms with van der Waals surface area (Å²) in [6, 6.07) is 5.68. The molecule has 0 saturated heterocycles. The maximum atomic E-state index is 13.9. The number of ketones is 2. The van der Waals surface area contributed by atoms with E-state index in [1.807, 2.05) is 0 Å². The second-order valence-corrected chi connectivity index (χ2v) is 8.77. The molecule has 0 spiro atoms. The van der Waals surface area contributed by atoms with Crippen molar-refractivity contribution in [2.24, 2.45) is 23.5 Å². The number of fused-ring (bicyclic) bond motifs is 2. The number of amides is 1. The van der Waals surface area contributed by atoms with E-state index in [-0.39, 0.29) is 48.3 Å². The van der Waals surface area contributed by atoms with Gasteiger partial charge in [0.05, 0.1) is 17.9 Å². The maximum absolute atomic E-state index is 13.9. The van der Waals surface area contributed by atoms with Crippen molar-refractivity contribution in [2.45, 2.75) is 25.7 Å². The zero-order valence-electron chi connectivity index (χ0n) is 18.1. The van der Waals surface area contributed by atoms with Gasteiger partial charge < -0.3 is 21.1 Å². The first kappa shape index (κ1) is 23.6. The van der Waals surface area contributed by atoms with E-state index in [1.54, 1.807) is 0 Å². The van der Waals surface area contributed by atoms with Crippen LogP contribution in [0, 0.1) is 29.4 Å². The summed E-state index contributed by atoms with van der Waals surface area (Å²) in [5, 5.41) is 31.0. The summed E-state index contributed by atoms with van der Waals surface area (Å²) in [4.78, 5) is 37.5. The molecule has 0 radical (unpaired) electrons. The number of hydrogen-bond donors (Lipinski definition) is 4. The van der Waals surface area contributed by atoms with E-state index in [0.717, 1.165) is 18.2 Å². The van der Waals surface area contributed by atoms with Crippen LogP contribution in [0.4, 0.5) is 8.78 Å². The van der Waals surface area contributed by atoms with Gasteiger partial charge in [-0.25, -0.2) is 8.78 Å². The number of halogens is 2. The summed E-state index contributed by atoms with van der Waals surface area (Å²) in [6.07, 6.45) is -0.0835. The van der Waals surface area contributed by atoms with Crippen LogP contribution in [0.15, 0.2) is 41.7 Å². The van der Waals surface area contributed by atoms with Gasteiger partial charge in [-0.05, 0) is 66.0 Å². The minimum Gasteiger partial charge on any atom is -0.511 e. The number of carbonyl (C=O) groups excluding carboxylic acids is 3. The molecule has 5 N–H and O–H groups in total. The fourth-order valence-corrected chi connectivity index (χ4v) is 5.32. The SMILES string of the molecule is NC(=O)CC(=O)[C@H]1C(O)=C2C(=O)c3c(O)ccc(-c4cc(F)cc(F)c4)c3C[C@H]2C[C@H]1CCO. The minimum absolute atomic E-state index is 0.0395. The lowest BCUT2D eigenvalue weighted by molar-refractivity contribution is -0.130. The quantitative estimate of drug-likeness (QED) is 0.478. The van der Waals surface area contributed by atoms with Gasteiger partial charge in [0.15, 0.2) is 11.6 Å². The topological polar surface area (TPSA) is 138 Å². The van der Waals surface area contributed by atoms with Crippen LogP contribution in [0.1, 0.15) is 35.2 Å². The van der Waals surface area contributed by atoms with Crippen molar-refractivity contribution in [3.8, 4) is 16.9 Å². The molecule has 2 aromatic carbocycles. The van der Waals surface area contributed by atoms with Gasteiger partial charge in [-0.2, -0.15) is 0 Å². The first-order chi connectivity index (χ1) is 16.1. The number of rotatable bonds is 6. The first-order valence-electron chi connectivity index (χ1n) is 10.8. The summed E-state index contributed by atoms with van der Waals surface area (Å²) >= 11 is 0. The Hall–Kier alpha value is -3.59. The van der Waals surface area contributed by atoms with Gasteiger partial charge in [-0.1, -0.05) is 6.07 Å². The van der Waals surface area contributed by atoms with E-state index >= 15 is 0 Å². The largest absolute Gasteiger partial charge is 0.511 e. The fraction of sp³-hybridized carbons (Fsp3) is 0.320. The Balaban J connectivity index is 1.86. The second kappa shape index (κ2) is 8.98. The molecule has 2 aliphatic carbocycles. The van der Waals surface area contributed by atoms with E-state index < -0.39 is 59.0 Å². The minimum atomic E-state index is -1.18. The van der Waals surface area contributed by atoms with Gasteiger partial charge in [-0.3, -0.25) is 14.4 Å². The molecule has 0 fully saturated rings. The molecule has 3 atom stereocenters. The highest BCUT2D eigenvalue weighted by atomic mass is 19.1. The molecule has 0 aliphatic heterocycles. The average molecular weight is 471 g/mol. The number of Topliss-reactive ketones (excluding diaryl/α,β-unsaturated/α-hetero) is 2. The van der Waals surface area contributed by atoms with Crippen LogP contribution in [-0.2, 0) is 16.0 Å². The number of allylic oxidation sites excluding steroid dienone is 2. The lowest BCUT2D eigenvalue weighted by Crippen LogP contribution is -2.40. The summed E-state index contributed by atoms with van der Waals surface area (Å²) in [5.41, 5.74) is 5.92. The second-order valence-electron chi connectivity index (χ2n) is 8.77. The molecule has 2 aliphatic rings. The molecule has 2 aromatic rings. The fourth-order valence-electron chi connectivity index (χ4n) is 5.32. The molecule has 4 rings (SSSR count). The molecule has 0 unspecified atom stereocenters. The van der Waals surface area contributed by atoms with Crippen molar-refractivity contribution < 1.29 is 38.5 Å². The molecular formula is C25H23F2NO6. The molecule has 0 heterocycles. The van der Waals surface area contributed by atoms with E-state index in [2.05, 4.69) is 0 Å².